The summed E-state index contributed by atoms with van der Waals surface area (Å²) in [5, 5.41) is 9.11. The Morgan fingerprint density at radius 2 is 2.09 bits per heavy atom. The molecule has 2 aliphatic rings. The highest BCUT2D eigenvalue weighted by atomic mass is 32.2. The van der Waals surface area contributed by atoms with Crippen molar-refractivity contribution in [1.29, 1.82) is 0 Å². The van der Waals surface area contributed by atoms with Crippen molar-refractivity contribution >= 4 is 16.0 Å². The van der Waals surface area contributed by atoms with E-state index in [0.29, 0.717) is 44.7 Å². The highest BCUT2D eigenvalue weighted by Crippen LogP contribution is 2.59. The summed E-state index contributed by atoms with van der Waals surface area (Å²) in [4.78, 5) is 11.3. The number of hydrogen-bond donors (Lipinski definition) is 1. The van der Waals surface area contributed by atoms with Gasteiger partial charge >= 0.3 is 5.97 Å². The molecule has 1 N–H and O–H groups in total. The van der Waals surface area contributed by atoms with Gasteiger partial charge in [0.1, 0.15) is 5.75 Å². The highest BCUT2D eigenvalue weighted by molar-refractivity contribution is 7.89. The topological polar surface area (TPSA) is 83.9 Å². The van der Waals surface area contributed by atoms with Crippen LogP contribution < -0.4 is 4.74 Å². The first-order chi connectivity index (χ1) is 10.9. The van der Waals surface area contributed by atoms with Gasteiger partial charge in [0.25, 0.3) is 0 Å². The minimum absolute atomic E-state index is 0.176. The first-order valence-corrected chi connectivity index (χ1v) is 9.29. The summed E-state index contributed by atoms with van der Waals surface area (Å²) in [6.45, 7) is 3.09. The molecule has 1 aliphatic heterocycles. The standard InChI is InChI=1S/C16H21NO5S/c1-2-22-12-4-3-5-13(10-12)23(20,21)17-8-6-16(7-9-17)11-14(16)15(18)19/h3-5,10,14H,2,6-9,11H2,1H3,(H,18,19). The molecular formula is C16H21NO5S. The van der Waals surface area contributed by atoms with Crippen molar-refractivity contribution in [2.75, 3.05) is 19.7 Å². The zero-order chi connectivity index (χ0) is 16.7. The SMILES string of the molecule is CCOc1cccc(S(=O)(=O)N2CCC3(CC2)CC3C(=O)O)c1. The maximum absolute atomic E-state index is 12.7. The quantitative estimate of drug-likeness (QED) is 0.886. The van der Waals surface area contributed by atoms with E-state index in [1.807, 2.05) is 6.92 Å². The Morgan fingerprint density at radius 1 is 1.39 bits per heavy atom. The van der Waals surface area contributed by atoms with E-state index >= 15 is 0 Å². The molecule has 7 heteroatoms. The van der Waals surface area contributed by atoms with Crippen molar-refractivity contribution in [1.82, 2.24) is 4.31 Å². The van der Waals surface area contributed by atoms with Crippen LogP contribution in [0.2, 0.25) is 0 Å². The molecule has 1 aromatic rings. The Bertz CT molecular complexity index is 707. The van der Waals surface area contributed by atoms with Gasteiger partial charge in [-0.25, -0.2) is 8.42 Å². The third-order valence-electron chi connectivity index (χ3n) is 4.96. The van der Waals surface area contributed by atoms with Crippen LogP contribution >= 0.6 is 0 Å². The number of hydrogen-bond acceptors (Lipinski definition) is 4. The third-order valence-corrected chi connectivity index (χ3v) is 6.85. The van der Waals surface area contributed by atoms with E-state index in [9.17, 15) is 13.2 Å². The number of rotatable bonds is 5. The molecule has 23 heavy (non-hydrogen) atoms. The van der Waals surface area contributed by atoms with Crippen LogP contribution in [-0.2, 0) is 14.8 Å². The molecule has 3 rings (SSSR count). The first kappa shape index (κ1) is 16.3. The molecule has 0 aromatic heterocycles. The molecule has 1 saturated carbocycles. The van der Waals surface area contributed by atoms with Gasteiger partial charge < -0.3 is 9.84 Å². The summed E-state index contributed by atoms with van der Waals surface area (Å²) < 4.78 is 32.3. The fraction of sp³-hybridized carbons (Fsp3) is 0.562. The van der Waals surface area contributed by atoms with Gasteiger partial charge in [-0.15, -0.1) is 0 Å². The summed E-state index contributed by atoms with van der Waals surface area (Å²) >= 11 is 0. The number of ether oxygens (including phenoxy) is 1. The average Bonchev–Trinajstić information content (AvgIpc) is 3.22. The van der Waals surface area contributed by atoms with Gasteiger partial charge in [0.15, 0.2) is 0 Å². The second-order valence-corrected chi connectivity index (χ2v) is 8.21. The molecule has 0 amide bonds. The lowest BCUT2D eigenvalue weighted by molar-refractivity contribution is -0.139. The number of piperidine rings is 1. The molecule has 1 unspecified atom stereocenters. The van der Waals surface area contributed by atoms with E-state index in [1.165, 1.54) is 4.31 Å². The molecule has 0 radical (unpaired) electrons. The van der Waals surface area contributed by atoms with Crippen molar-refractivity contribution in [2.24, 2.45) is 11.3 Å². The third kappa shape index (κ3) is 2.95. The molecule has 1 heterocycles. The molecular weight excluding hydrogens is 318 g/mol. The molecule has 1 spiro atoms. The smallest absolute Gasteiger partial charge is 0.307 e. The van der Waals surface area contributed by atoms with Crippen molar-refractivity contribution < 1.29 is 23.1 Å². The Labute approximate surface area is 136 Å². The number of carboxylic acids is 1. The number of sulfonamides is 1. The van der Waals surface area contributed by atoms with Crippen LogP contribution in [-0.4, -0.2) is 43.5 Å². The average molecular weight is 339 g/mol. The van der Waals surface area contributed by atoms with E-state index in [4.69, 9.17) is 9.84 Å². The van der Waals surface area contributed by atoms with Crippen LogP contribution in [0.15, 0.2) is 29.2 Å². The molecule has 1 atom stereocenters. The summed E-state index contributed by atoms with van der Waals surface area (Å²) in [5.41, 5.74) is -0.176. The van der Waals surface area contributed by atoms with Gasteiger partial charge in [-0.2, -0.15) is 4.31 Å². The van der Waals surface area contributed by atoms with Gasteiger partial charge in [0.05, 0.1) is 17.4 Å². The van der Waals surface area contributed by atoms with E-state index in [-0.39, 0.29) is 16.2 Å². The second-order valence-electron chi connectivity index (χ2n) is 6.27. The van der Waals surface area contributed by atoms with Gasteiger partial charge in [0.2, 0.25) is 10.0 Å². The first-order valence-electron chi connectivity index (χ1n) is 7.85. The molecule has 0 bridgehead atoms. The van der Waals surface area contributed by atoms with Crippen LogP contribution in [0.1, 0.15) is 26.2 Å². The second kappa shape index (κ2) is 5.79. The Hall–Kier alpha value is -1.60. The zero-order valence-corrected chi connectivity index (χ0v) is 13.9. The lowest BCUT2D eigenvalue weighted by Crippen LogP contribution is -2.39. The summed E-state index contributed by atoms with van der Waals surface area (Å²) in [7, 11) is -3.56. The van der Waals surface area contributed by atoms with E-state index in [2.05, 4.69) is 0 Å². The van der Waals surface area contributed by atoms with Crippen molar-refractivity contribution in [2.45, 2.75) is 31.1 Å². The van der Waals surface area contributed by atoms with Crippen LogP contribution in [0.3, 0.4) is 0 Å². The minimum atomic E-state index is -3.56. The minimum Gasteiger partial charge on any atom is -0.494 e. The predicted molar refractivity (Wildman–Crippen MR) is 83.8 cm³/mol. The number of carbonyl (C=O) groups is 1. The molecule has 126 valence electrons. The molecule has 2 fully saturated rings. The summed E-state index contributed by atoms with van der Waals surface area (Å²) in [5.74, 6) is -0.519. The van der Waals surface area contributed by atoms with Crippen molar-refractivity contribution in [3.8, 4) is 5.75 Å². The van der Waals surface area contributed by atoms with E-state index < -0.39 is 16.0 Å². The maximum atomic E-state index is 12.7. The van der Waals surface area contributed by atoms with Crippen LogP contribution in [0.25, 0.3) is 0 Å². The Morgan fingerprint density at radius 3 is 2.65 bits per heavy atom. The largest absolute Gasteiger partial charge is 0.494 e. The molecule has 6 nitrogen and oxygen atoms in total. The summed E-state index contributed by atoms with van der Waals surface area (Å²) in [6, 6.07) is 6.51. The number of benzene rings is 1. The molecule has 1 aromatic carbocycles. The lowest BCUT2D eigenvalue weighted by atomic mass is 9.92. The zero-order valence-electron chi connectivity index (χ0n) is 13.1. The number of carboxylic acid groups (broad SMARTS) is 1. The van der Waals surface area contributed by atoms with Crippen LogP contribution in [0.5, 0.6) is 5.75 Å². The lowest BCUT2D eigenvalue weighted by Gasteiger charge is -2.31. The monoisotopic (exact) mass is 339 g/mol. The van der Waals surface area contributed by atoms with Gasteiger partial charge in [-0.1, -0.05) is 6.07 Å². The maximum Gasteiger partial charge on any atom is 0.307 e. The number of aliphatic carboxylic acids is 1. The van der Waals surface area contributed by atoms with Crippen molar-refractivity contribution in [3.63, 3.8) is 0 Å². The van der Waals surface area contributed by atoms with E-state index in [0.717, 1.165) is 0 Å². The van der Waals surface area contributed by atoms with Gasteiger partial charge in [0, 0.05) is 19.2 Å². The summed E-state index contributed by atoms with van der Waals surface area (Å²) in [6.07, 6.45) is 1.92. The normalized spacial score (nSPS) is 23.6. The fourth-order valence-corrected chi connectivity index (χ4v) is 4.94. The van der Waals surface area contributed by atoms with Gasteiger partial charge in [-0.05, 0) is 43.7 Å². The van der Waals surface area contributed by atoms with Crippen LogP contribution in [0, 0.1) is 11.3 Å². The van der Waals surface area contributed by atoms with Crippen molar-refractivity contribution in [3.05, 3.63) is 24.3 Å². The predicted octanol–water partition coefficient (Wildman–Crippen LogP) is 1.96. The van der Waals surface area contributed by atoms with E-state index in [1.54, 1.807) is 24.3 Å². The molecule has 1 aliphatic carbocycles. The van der Waals surface area contributed by atoms with Crippen LogP contribution in [0.4, 0.5) is 0 Å². The molecule has 1 saturated heterocycles. The fourth-order valence-electron chi connectivity index (χ4n) is 3.46. The Balaban J connectivity index is 1.72. The van der Waals surface area contributed by atoms with Gasteiger partial charge in [-0.3, -0.25) is 4.79 Å². The Kier molecular flexibility index (Phi) is 4.10. The number of nitrogens with zero attached hydrogens (tertiary/aromatic N) is 1. The highest BCUT2D eigenvalue weighted by Gasteiger charge is 2.59.